The van der Waals surface area contributed by atoms with E-state index in [4.69, 9.17) is 0 Å². The van der Waals surface area contributed by atoms with Crippen molar-refractivity contribution in [2.24, 2.45) is 0 Å². The molecule has 2 aromatic rings. The molecule has 0 amide bonds. The van der Waals surface area contributed by atoms with Crippen molar-refractivity contribution < 1.29 is 4.79 Å². The van der Waals surface area contributed by atoms with Crippen molar-refractivity contribution >= 4 is 11.5 Å². The maximum atomic E-state index is 12.4. The normalized spacial score (nSPS) is 10.3. The second kappa shape index (κ2) is 5.27. The lowest BCUT2D eigenvalue weighted by Crippen LogP contribution is -2.09. The Morgan fingerprint density at radius 3 is 1.95 bits per heavy atom. The zero-order valence-electron chi connectivity index (χ0n) is 11.9. The molecule has 0 fully saturated rings. The molecular formula is C17H19NO. The highest BCUT2D eigenvalue weighted by Gasteiger charge is 2.09. The smallest absolute Gasteiger partial charge is 0.193 e. The summed E-state index contributed by atoms with van der Waals surface area (Å²) in [5.74, 6) is 0.0772. The second-order valence-corrected chi connectivity index (χ2v) is 5.07. The molecule has 2 aromatic carbocycles. The lowest BCUT2D eigenvalue weighted by Gasteiger charge is -2.12. The first-order valence-electron chi connectivity index (χ1n) is 6.38. The Labute approximate surface area is 114 Å². The lowest BCUT2D eigenvalue weighted by molar-refractivity contribution is 0.103. The molecule has 98 valence electrons. The van der Waals surface area contributed by atoms with E-state index in [2.05, 4.69) is 6.92 Å². The van der Waals surface area contributed by atoms with Gasteiger partial charge in [-0.05, 0) is 55.3 Å². The highest BCUT2D eigenvalue weighted by atomic mass is 16.1. The number of nitrogens with zero attached hydrogens (tertiary/aromatic N) is 1. The SMILES string of the molecule is Cc1ccc(C(=O)c2ccc(N(C)C)cc2)cc1C. The zero-order chi connectivity index (χ0) is 14.0. The summed E-state index contributed by atoms with van der Waals surface area (Å²) in [5, 5.41) is 0. The van der Waals surface area contributed by atoms with Crippen molar-refractivity contribution in [2.75, 3.05) is 19.0 Å². The maximum absolute atomic E-state index is 12.4. The molecule has 0 spiro atoms. The number of anilines is 1. The lowest BCUT2D eigenvalue weighted by atomic mass is 9.99. The molecule has 2 nitrogen and oxygen atoms in total. The number of carbonyl (C=O) groups is 1. The van der Waals surface area contributed by atoms with Crippen molar-refractivity contribution in [2.45, 2.75) is 13.8 Å². The van der Waals surface area contributed by atoms with Gasteiger partial charge in [0.1, 0.15) is 0 Å². The van der Waals surface area contributed by atoms with Crippen LogP contribution in [0.25, 0.3) is 0 Å². The van der Waals surface area contributed by atoms with Crippen LogP contribution in [0.1, 0.15) is 27.0 Å². The van der Waals surface area contributed by atoms with Crippen molar-refractivity contribution in [3.63, 3.8) is 0 Å². The van der Waals surface area contributed by atoms with Crippen molar-refractivity contribution in [3.05, 3.63) is 64.7 Å². The van der Waals surface area contributed by atoms with Gasteiger partial charge in [-0.1, -0.05) is 12.1 Å². The molecule has 0 saturated heterocycles. The molecule has 19 heavy (non-hydrogen) atoms. The van der Waals surface area contributed by atoms with Crippen molar-refractivity contribution in [1.29, 1.82) is 0 Å². The number of ketones is 1. The average molecular weight is 253 g/mol. The number of benzene rings is 2. The molecule has 0 radical (unpaired) electrons. The van der Waals surface area contributed by atoms with Gasteiger partial charge in [0.2, 0.25) is 0 Å². The Morgan fingerprint density at radius 1 is 0.842 bits per heavy atom. The quantitative estimate of drug-likeness (QED) is 0.779. The van der Waals surface area contributed by atoms with E-state index in [1.807, 2.05) is 68.4 Å². The molecule has 0 heterocycles. The standard InChI is InChI=1S/C17H19NO/c1-12-5-6-15(11-13(12)2)17(19)14-7-9-16(10-8-14)18(3)4/h5-11H,1-4H3. The molecule has 0 atom stereocenters. The van der Waals surface area contributed by atoms with Gasteiger partial charge in [0.15, 0.2) is 5.78 Å². The van der Waals surface area contributed by atoms with Crippen LogP contribution in [0.5, 0.6) is 0 Å². The van der Waals surface area contributed by atoms with E-state index >= 15 is 0 Å². The number of rotatable bonds is 3. The largest absolute Gasteiger partial charge is 0.378 e. The molecule has 0 aromatic heterocycles. The average Bonchev–Trinajstić information content (AvgIpc) is 2.41. The van der Waals surface area contributed by atoms with E-state index in [0.29, 0.717) is 0 Å². The number of aryl methyl sites for hydroxylation is 2. The van der Waals surface area contributed by atoms with Crippen LogP contribution in [0.15, 0.2) is 42.5 Å². The second-order valence-electron chi connectivity index (χ2n) is 5.07. The molecule has 0 aliphatic carbocycles. The fraction of sp³-hybridized carbons (Fsp3) is 0.235. The highest BCUT2D eigenvalue weighted by molar-refractivity contribution is 6.09. The molecule has 0 saturated carbocycles. The Balaban J connectivity index is 2.30. The van der Waals surface area contributed by atoms with Crippen LogP contribution >= 0.6 is 0 Å². The van der Waals surface area contributed by atoms with E-state index in [-0.39, 0.29) is 5.78 Å². The summed E-state index contributed by atoms with van der Waals surface area (Å²) in [6.45, 7) is 4.08. The molecule has 0 aliphatic heterocycles. The van der Waals surface area contributed by atoms with E-state index in [0.717, 1.165) is 22.4 Å². The molecule has 0 bridgehead atoms. The van der Waals surface area contributed by atoms with Gasteiger partial charge < -0.3 is 4.90 Å². The molecule has 2 heteroatoms. The van der Waals surface area contributed by atoms with Crippen LogP contribution in [0.3, 0.4) is 0 Å². The first-order chi connectivity index (χ1) is 8.99. The van der Waals surface area contributed by atoms with Gasteiger partial charge in [-0.25, -0.2) is 0 Å². The summed E-state index contributed by atoms with van der Waals surface area (Å²) in [4.78, 5) is 14.4. The molecule has 0 unspecified atom stereocenters. The topological polar surface area (TPSA) is 20.3 Å². The minimum atomic E-state index is 0.0772. The summed E-state index contributed by atoms with van der Waals surface area (Å²) in [7, 11) is 3.97. The first-order valence-corrected chi connectivity index (χ1v) is 6.38. The third-order valence-electron chi connectivity index (χ3n) is 3.41. The Bertz CT molecular complexity index is 597. The van der Waals surface area contributed by atoms with Gasteiger partial charge in [-0.3, -0.25) is 4.79 Å². The van der Waals surface area contributed by atoms with E-state index in [1.165, 1.54) is 5.56 Å². The zero-order valence-corrected chi connectivity index (χ0v) is 11.9. The van der Waals surface area contributed by atoms with Gasteiger partial charge in [0.05, 0.1) is 0 Å². The molecular weight excluding hydrogens is 234 g/mol. The van der Waals surface area contributed by atoms with Gasteiger partial charge in [0, 0.05) is 30.9 Å². The summed E-state index contributed by atoms with van der Waals surface area (Å²) in [6, 6.07) is 13.5. The van der Waals surface area contributed by atoms with E-state index in [1.54, 1.807) is 0 Å². The van der Waals surface area contributed by atoms with Crippen LogP contribution in [-0.4, -0.2) is 19.9 Å². The third kappa shape index (κ3) is 2.84. The number of hydrogen-bond acceptors (Lipinski definition) is 2. The number of carbonyl (C=O) groups excluding carboxylic acids is 1. The van der Waals surface area contributed by atoms with Crippen LogP contribution in [-0.2, 0) is 0 Å². The van der Waals surface area contributed by atoms with Crippen molar-refractivity contribution in [1.82, 2.24) is 0 Å². The van der Waals surface area contributed by atoms with E-state index < -0.39 is 0 Å². The molecule has 0 N–H and O–H groups in total. The van der Waals surface area contributed by atoms with Gasteiger partial charge >= 0.3 is 0 Å². The monoisotopic (exact) mass is 253 g/mol. The Kier molecular flexibility index (Phi) is 3.70. The third-order valence-corrected chi connectivity index (χ3v) is 3.41. The summed E-state index contributed by atoms with van der Waals surface area (Å²) < 4.78 is 0. The molecule has 2 rings (SSSR count). The van der Waals surface area contributed by atoms with Gasteiger partial charge in [0.25, 0.3) is 0 Å². The van der Waals surface area contributed by atoms with Gasteiger partial charge in [-0.15, -0.1) is 0 Å². The first kappa shape index (κ1) is 13.3. The summed E-state index contributed by atoms with van der Waals surface area (Å²) >= 11 is 0. The van der Waals surface area contributed by atoms with Gasteiger partial charge in [-0.2, -0.15) is 0 Å². The predicted molar refractivity (Wildman–Crippen MR) is 80.1 cm³/mol. The maximum Gasteiger partial charge on any atom is 0.193 e. The number of hydrogen-bond donors (Lipinski definition) is 0. The fourth-order valence-electron chi connectivity index (χ4n) is 1.96. The van der Waals surface area contributed by atoms with Crippen LogP contribution in [0.2, 0.25) is 0 Å². The fourth-order valence-corrected chi connectivity index (χ4v) is 1.96. The Hall–Kier alpha value is -2.09. The predicted octanol–water partition coefficient (Wildman–Crippen LogP) is 3.60. The van der Waals surface area contributed by atoms with Crippen LogP contribution < -0.4 is 4.90 Å². The van der Waals surface area contributed by atoms with Crippen LogP contribution in [0, 0.1) is 13.8 Å². The summed E-state index contributed by atoms with van der Waals surface area (Å²) in [6.07, 6.45) is 0. The van der Waals surface area contributed by atoms with Crippen LogP contribution in [0.4, 0.5) is 5.69 Å². The van der Waals surface area contributed by atoms with Crippen molar-refractivity contribution in [3.8, 4) is 0 Å². The minimum absolute atomic E-state index is 0.0772. The summed E-state index contributed by atoms with van der Waals surface area (Å²) in [5.41, 5.74) is 4.93. The highest BCUT2D eigenvalue weighted by Crippen LogP contribution is 2.17. The van der Waals surface area contributed by atoms with E-state index in [9.17, 15) is 4.79 Å². The Morgan fingerprint density at radius 2 is 1.42 bits per heavy atom. The molecule has 0 aliphatic rings. The minimum Gasteiger partial charge on any atom is -0.378 e.